The summed E-state index contributed by atoms with van der Waals surface area (Å²) in [5, 5.41) is 2.88. The van der Waals surface area contributed by atoms with Gasteiger partial charge in [0.1, 0.15) is 12.0 Å². The van der Waals surface area contributed by atoms with Gasteiger partial charge in [-0.1, -0.05) is 34.8 Å². The molecule has 2 rings (SSSR count). The molecule has 0 aliphatic heterocycles. The minimum absolute atomic E-state index is 0.0459. The number of aromatic nitrogens is 3. The fourth-order valence-corrected chi connectivity index (χ4v) is 2.02. The molecular weight excluding hydrogens is 311 g/mol. The molecule has 0 bridgehead atoms. The average molecular weight is 318 g/mol. The van der Waals surface area contributed by atoms with E-state index in [2.05, 4.69) is 20.3 Å². The van der Waals surface area contributed by atoms with Crippen LogP contribution in [0, 0.1) is 6.92 Å². The molecule has 2 aromatic heterocycles. The zero-order chi connectivity index (χ0) is 14.0. The van der Waals surface area contributed by atoms with Crippen molar-refractivity contribution in [3.63, 3.8) is 0 Å². The van der Waals surface area contributed by atoms with Crippen LogP contribution in [0.5, 0.6) is 0 Å². The van der Waals surface area contributed by atoms with Crippen LogP contribution in [-0.2, 0) is 0 Å². The van der Waals surface area contributed by atoms with Gasteiger partial charge in [-0.05, 0) is 13.0 Å². The van der Waals surface area contributed by atoms with Gasteiger partial charge >= 0.3 is 0 Å². The summed E-state index contributed by atoms with van der Waals surface area (Å²) >= 11 is 17.6. The summed E-state index contributed by atoms with van der Waals surface area (Å²) < 4.78 is 0. The number of rotatable bonds is 2. The van der Waals surface area contributed by atoms with E-state index in [1.807, 2.05) is 0 Å². The summed E-state index contributed by atoms with van der Waals surface area (Å²) in [6.45, 7) is 1.77. The summed E-state index contributed by atoms with van der Waals surface area (Å²) in [7, 11) is 0. The Morgan fingerprint density at radius 2 is 1.79 bits per heavy atom. The monoisotopic (exact) mass is 316 g/mol. The first-order valence-electron chi connectivity index (χ1n) is 5.08. The van der Waals surface area contributed by atoms with Gasteiger partial charge in [-0.2, -0.15) is 0 Å². The maximum atomic E-state index is 12.0. The van der Waals surface area contributed by atoms with Gasteiger partial charge in [-0.15, -0.1) is 0 Å². The lowest BCUT2D eigenvalue weighted by molar-refractivity contribution is 0.102. The number of halogens is 3. The minimum Gasteiger partial charge on any atom is -0.317 e. The van der Waals surface area contributed by atoms with E-state index in [1.165, 1.54) is 12.5 Å². The smallest absolute Gasteiger partial charge is 0.258 e. The summed E-state index contributed by atoms with van der Waals surface area (Å²) in [5.74, 6) is -0.490. The summed E-state index contributed by atoms with van der Waals surface area (Å²) in [6.07, 6.45) is 2.57. The van der Waals surface area contributed by atoms with Crippen molar-refractivity contribution in [3.8, 4) is 0 Å². The van der Waals surface area contributed by atoms with E-state index in [4.69, 9.17) is 34.8 Å². The van der Waals surface area contributed by atoms with Crippen molar-refractivity contribution in [1.29, 1.82) is 0 Å². The van der Waals surface area contributed by atoms with Crippen LogP contribution in [0.4, 0.5) is 5.69 Å². The molecule has 2 aromatic rings. The molecule has 19 heavy (non-hydrogen) atoms. The zero-order valence-corrected chi connectivity index (χ0v) is 11.9. The summed E-state index contributed by atoms with van der Waals surface area (Å²) in [6, 6.07) is 1.58. The molecule has 0 aliphatic rings. The lowest BCUT2D eigenvalue weighted by Gasteiger charge is -2.08. The van der Waals surface area contributed by atoms with Gasteiger partial charge in [-0.3, -0.25) is 9.78 Å². The zero-order valence-electron chi connectivity index (χ0n) is 9.62. The summed E-state index contributed by atoms with van der Waals surface area (Å²) in [5.41, 5.74) is 1.05. The van der Waals surface area contributed by atoms with Gasteiger partial charge in [0.05, 0.1) is 10.6 Å². The van der Waals surface area contributed by atoms with Crippen molar-refractivity contribution in [3.05, 3.63) is 45.2 Å². The molecule has 1 N–H and O–H groups in total. The lowest BCUT2D eigenvalue weighted by Crippen LogP contribution is -2.14. The highest BCUT2D eigenvalue weighted by atomic mass is 35.5. The number of nitrogens with one attached hydrogen (secondary N) is 1. The topological polar surface area (TPSA) is 67.8 Å². The fourth-order valence-electron chi connectivity index (χ4n) is 1.32. The van der Waals surface area contributed by atoms with Crippen LogP contribution >= 0.6 is 34.8 Å². The van der Waals surface area contributed by atoms with Crippen LogP contribution in [0.3, 0.4) is 0 Å². The molecular formula is C11H7Cl3N4O. The molecule has 0 atom stereocenters. The highest BCUT2D eigenvalue weighted by Gasteiger charge is 2.16. The Morgan fingerprint density at radius 3 is 2.37 bits per heavy atom. The third-order valence-corrected chi connectivity index (χ3v) is 3.11. The second kappa shape index (κ2) is 5.69. The van der Waals surface area contributed by atoms with Gasteiger partial charge in [0, 0.05) is 11.9 Å². The highest BCUT2D eigenvalue weighted by molar-refractivity contribution is 6.39. The Morgan fingerprint density at radius 1 is 1.16 bits per heavy atom. The number of anilines is 1. The van der Waals surface area contributed by atoms with Gasteiger partial charge in [0.25, 0.3) is 5.91 Å². The number of hydrogen-bond acceptors (Lipinski definition) is 4. The van der Waals surface area contributed by atoms with E-state index in [-0.39, 0.29) is 26.6 Å². The lowest BCUT2D eigenvalue weighted by atomic mass is 10.2. The normalized spacial score (nSPS) is 10.3. The predicted octanol–water partition coefficient (Wildman–Crippen LogP) is 3.39. The second-order valence-electron chi connectivity index (χ2n) is 3.59. The average Bonchev–Trinajstić information content (AvgIpc) is 2.33. The van der Waals surface area contributed by atoms with E-state index in [0.29, 0.717) is 5.69 Å². The van der Waals surface area contributed by atoms with E-state index in [0.717, 1.165) is 0 Å². The van der Waals surface area contributed by atoms with Crippen LogP contribution in [-0.4, -0.2) is 20.9 Å². The molecule has 0 unspecified atom stereocenters. The Kier molecular flexibility index (Phi) is 4.19. The molecule has 8 heteroatoms. The molecule has 0 saturated heterocycles. The van der Waals surface area contributed by atoms with E-state index < -0.39 is 5.91 Å². The number of aryl methyl sites for hydroxylation is 1. The molecule has 0 radical (unpaired) electrons. The molecule has 0 spiro atoms. The largest absolute Gasteiger partial charge is 0.317 e. The molecule has 98 valence electrons. The first kappa shape index (κ1) is 14.0. The maximum Gasteiger partial charge on any atom is 0.258 e. The number of nitrogens with zero attached hydrogens (tertiary/aromatic N) is 3. The Labute approximate surface area is 123 Å². The van der Waals surface area contributed by atoms with E-state index >= 15 is 0 Å². The number of carbonyl (C=O) groups excluding carboxylic acids is 1. The van der Waals surface area contributed by atoms with Crippen molar-refractivity contribution in [1.82, 2.24) is 15.0 Å². The number of amides is 1. The van der Waals surface area contributed by atoms with Crippen LogP contribution in [0.25, 0.3) is 0 Å². The second-order valence-corrected chi connectivity index (χ2v) is 4.71. The van der Waals surface area contributed by atoms with E-state index in [9.17, 15) is 4.79 Å². The molecule has 1 amide bonds. The molecule has 2 heterocycles. The van der Waals surface area contributed by atoms with Crippen LogP contribution in [0.2, 0.25) is 15.3 Å². The molecule has 0 aromatic carbocycles. The molecule has 0 fully saturated rings. The third-order valence-electron chi connectivity index (χ3n) is 2.23. The van der Waals surface area contributed by atoms with Crippen molar-refractivity contribution in [2.24, 2.45) is 0 Å². The Bertz CT molecular complexity index is 628. The van der Waals surface area contributed by atoms with Crippen LogP contribution in [0.1, 0.15) is 16.1 Å². The van der Waals surface area contributed by atoms with Gasteiger partial charge in [-0.25, -0.2) is 9.97 Å². The first-order valence-corrected chi connectivity index (χ1v) is 6.22. The maximum absolute atomic E-state index is 12.0. The number of hydrogen-bond donors (Lipinski definition) is 1. The van der Waals surface area contributed by atoms with Crippen LogP contribution in [0.15, 0.2) is 18.6 Å². The Hall–Kier alpha value is -1.43. The minimum atomic E-state index is -0.490. The van der Waals surface area contributed by atoms with Gasteiger partial charge < -0.3 is 5.32 Å². The SMILES string of the molecule is Cc1cc(Cl)c(C(=O)Nc2c(Cl)ncnc2Cl)cn1. The highest BCUT2D eigenvalue weighted by Crippen LogP contribution is 2.27. The van der Waals surface area contributed by atoms with Crippen molar-refractivity contribution in [2.75, 3.05) is 5.32 Å². The van der Waals surface area contributed by atoms with Crippen molar-refractivity contribution < 1.29 is 4.79 Å². The standard InChI is InChI=1S/C11H7Cl3N4O/c1-5-2-7(12)6(3-15-5)11(19)18-8-9(13)16-4-17-10(8)14/h2-4H,1H3,(H,18,19). The first-order chi connectivity index (χ1) is 8.99. The number of pyridine rings is 1. The van der Waals surface area contributed by atoms with Crippen LogP contribution < -0.4 is 5.32 Å². The van der Waals surface area contributed by atoms with Crippen molar-refractivity contribution in [2.45, 2.75) is 6.92 Å². The third kappa shape index (κ3) is 3.12. The fraction of sp³-hybridized carbons (Fsp3) is 0.0909. The van der Waals surface area contributed by atoms with Gasteiger partial charge in [0.2, 0.25) is 0 Å². The predicted molar refractivity (Wildman–Crippen MR) is 74.0 cm³/mol. The molecule has 0 saturated carbocycles. The van der Waals surface area contributed by atoms with Gasteiger partial charge in [0.15, 0.2) is 10.3 Å². The number of carbonyl (C=O) groups is 1. The van der Waals surface area contributed by atoms with E-state index in [1.54, 1.807) is 13.0 Å². The quantitative estimate of drug-likeness (QED) is 0.862. The summed E-state index contributed by atoms with van der Waals surface area (Å²) in [4.78, 5) is 23.5. The molecule has 5 nitrogen and oxygen atoms in total. The van der Waals surface area contributed by atoms with Crippen molar-refractivity contribution >= 4 is 46.4 Å². The molecule has 0 aliphatic carbocycles. The Balaban J connectivity index is 2.31.